The summed E-state index contributed by atoms with van der Waals surface area (Å²) in [6.45, 7) is 8.19. The Morgan fingerprint density at radius 2 is 1.69 bits per heavy atom. The molecule has 94 valence electrons. The van der Waals surface area contributed by atoms with Crippen LogP contribution in [-0.4, -0.2) is 29.1 Å². The van der Waals surface area contributed by atoms with Gasteiger partial charge in [-0.3, -0.25) is 0 Å². The summed E-state index contributed by atoms with van der Waals surface area (Å²) in [6.07, 6.45) is 6.60. The van der Waals surface area contributed by atoms with Crippen LogP contribution in [0, 0.1) is 0 Å². The molecule has 0 heterocycles. The molecule has 0 radical (unpaired) electrons. The van der Waals surface area contributed by atoms with Crippen molar-refractivity contribution in [3.63, 3.8) is 0 Å². The van der Waals surface area contributed by atoms with Crippen molar-refractivity contribution < 1.29 is 9.90 Å². The summed E-state index contributed by atoms with van der Waals surface area (Å²) in [5.41, 5.74) is 0.545. The molecule has 0 amide bonds. The molecule has 0 saturated carbocycles. The molecule has 0 aromatic heterocycles. The van der Waals surface area contributed by atoms with Gasteiger partial charge in [0.1, 0.15) is 0 Å². The first-order valence-corrected chi connectivity index (χ1v) is 6.33. The van der Waals surface area contributed by atoms with Crippen LogP contribution in [-0.2, 0) is 4.79 Å². The van der Waals surface area contributed by atoms with Crippen LogP contribution in [0.5, 0.6) is 0 Å². The smallest absolute Gasteiger partial charge is 0.333 e. The Balaban J connectivity index is 4.49. The van der Waals surface area contributed by atoms with E-state index >= 15 is 0 Å². The average molecular weight is 227 g/mol. The highest BCUT2D eigenvalue weighted by Crippen LogP contribution is 2.10. The summed E-state index contributed by atoms with van der Waals surface area (Å²) < 4.78 is 0. The van der Waals surface area contributed by atoms with Gasteiger partial charge in [0.15, 0.2) is 0 Å². The van der Waals surface area contributed by atoms with Crippen molar-refractivity contribution in [1.29, 1.82) is 0 Å². The Morgan fingerprint density at radius 1 is 1.12 bits per heavy atom. The second-order valence-corrected chi connectivity index (χ2v) is 4.10. The Labute approximate surface area is 99.1 Å². The Hall–Kier alpha value is -0.990. The van der Waals surface area contributed by atoms with Crippen LogP contribution in [0.2, 0.25) is 0 Å². The van der Waals surface area contributed by atoms with Gasteiger partial charge in [0.05, 0.1) is 5.57 Å². The number of rotatable bonds is 9. The minimum absolute atomic E-state index is 0.545. The summed E-state index contributed by atoms with van der Waals surface area (Å²) in [4.78, 5) is 13.2. The predicted octanol–water partition coefficient (Wildman–Crippen LogP) is 3.27. The van der Waals surface area contributed by atoms with E-state index in [-0.39, 0.29) is 0 Å². The number of hydrogen-bond donors (Lipinski definition) is 1. The van der Waals surface area contributed by atoms with E-state index in [1.807, 2.05) is 6.20 Å². The molecule has 0 rings (SSSR count). The molecule has 0 fully saturated rings. The summed E-state index contributed by atoms with van der Waals surface area (Å²) in [6, 6.07) is 0. The zero-order chi connectivity index (χ0) is 12.4. The molecule has 1 N–H and O–H groups in total. The average Bonchev–Trinajstić information content (AvgIpc) is 2.24. The molecule has 16 heavy (non-hydrogen) atoms. The molecule has 0 spiro atoms. The number of aliphatic carboxylic acids is 1. The molecule has 0 unspecified atom stereocenters. The molecular formula is C13H25NO2. The Bertz CT molecular complexity index is 218. The number of nitrogens with zero attached hydrogens (tertiary/aromatic N) is 1. The van der Waals surface area contributed by atoms with Crippen molar-refractivity contribution in [2.24, 2.45) is 0 Å². The van der Waals surface area contributed by atoms with E-state index in [1.165, 1.54) is 0 Å². The highest BCUT2D eigenvalue weighted by molar-refractivity contribution is 5.86. The lowest BCUT2D eigenvalue weighted by atomic mass is 10.1. The zero-order valence-electron chi connectivity index (χ0n) is 10.8. The van der Waals surface area contributed by atoms with Gasteiger partial charge in [-0.15, -0.1) is 0 Å². The maximum absolute atomic E-state index is 11.1. The first-order valence-electron chi connectivity index (χ1n) is 6.33. The topological polar surface area (TPSA) is 40.5 Å². The van der Waals surface area contributed by atoms with Crippen LogP contribution in [0.15, 0.2) is 11.8 Å². The number of unbranched alkanes of at least 4 members (excludes halogenated alkanes) is 1. The summed E-state index contributed by atoms with van der Waals surface area (Å²) in [5, 5.41) is 9.09. The van der Waals surface area contributed by atoms with Gasteiger partial charge in [-0.2, -0.15) is 0 Å². The molecule has 0 aliphatic heterocycles. The fraction of sp³-hybridized carbons (Fsp3) is 0.769. The molecule has 0 aromatic rings. The fourth-order valence-electron chi connectivity index (χ4n) is 1.63. The fourth-order valence-corrected chi connectivity index (χ4v) is 1.63. The second-order valence-electron chi connectivity index (χ2n) is 4.10. The van der Waals surface area contributed by atoms with Gasteiger partial charge in [0.2, 0.25) is 0 Å². The monoisotopic (exact) mass is 227 g/mol. The maximum Gasteiger partial charge on any atom is 0.333 e. The number of carbonyl (C=O) groups is 1. The Kier molecular flexibility index (Phi) is 8.68. The lowest BCUT2D eigenvalue weighted by molar-refractivity contribution is -0.132. The molecule has 0 aliphatic carbocycles. The highest BCUT2D eigenvalue weighted by Gasteiger charge is 2.08. The van der Waals surface area contributed by atoms with Crippen LogP contribution in [0.3, 0.4) is 0 Å². The normalized spacial score (nSPS) is 11.6. The van der Waals surface area contributed by atoms with Crippen molar-refractivity contribution in [3.05, 3.63) is 11.8 Å². The molecular weight excluding hydrogens is 202 g/mol. The van der Waals surface area contributed by atoms with Gasteiger partial charge in [0.25, 0.3) is 0 Å². The van der Waals surface area contributed by atoms with Crippen LogP contribution in [0.1, 0.15) is 52.9 Å². The SMILES string of the molecule is CCCCC(=CN(CCC)CCC)C(=O)O. The maximum atomic E-state index is 11.1. The first-order chi connectivity index (χ1) is 7.65. The molecule has 0 bridgehead atoms. The molecule has 0 atom stereocenters. The van der Waals surface area contributed by atoms with E-state index in [9.17, 15) is 4.79 Å². The summed E-state index contributed by atoms with van der Waals surface area (Å²) in [7, 11) is 0. The highest BCUT2D eigenvalue weighted by atomic mass is 16.4. The molecule has 3 nitrogen and oxygen atoms in total. The molecule has 0 aliphatic rings. The van der Waals surface area contributed by atoms with Crippen molar-refractivity contribution >= 4 is 5.97 Å². The first kappa shape index (κ1) is 15.0. The second kappa shape index (κ2) is 9.25. The zero-order valence-corrected chi connectivity index (χ0v) is 10.8. The molecule has 3 heteroatoms. The lowest BCUT2D eigenvalue weighted by Crippen LogP contribution is -2.21. The third-order valence-electron chi connectivity index (χ3n) is 2.43. The summed E-state index contributed by atoms with van der Waals surface area (Å²) in [5.74, 6) is -0.773. The van der Waals surface area contributed by atoms with Gasteiger partial charge in [-0.1, -0.05) is 27.2 Å². The van der Waals surface area contributed by atoms with E-state index in [1.54, 1.807) is 0 Å². The molecule has 0 aromatic carbocycles. The van der Waals surface area contributed by atoms with Crippen LogP contribution in [0.4, 0.5) is 0 Å². The number of hydrogen-bond acceptors (Lipinski definition) is 2. The van der Waals surface area contributed by atoms with Crippen LogP contribution < -0.4 is 0 Å². The van der Waals surface area contributed by atoms with E-state index < -0.39 is 5.97 Å². The number of carboxylic acids is 1. The quantitative estimate of drug-likeness (QED) is 0.615. The van der Waals surface area contributed by atoms with Gasteiger partial charge < -0.3 is 10.0 Å². The Morgan fingerprint density at radius 3 is 2.06 bits per heavy atom. The van der Waals surface area contributed by atoms with Crippen LogP contribution in [0.25, 0.3) is 0 Å². The van der Waals surface area contributed by atoms with E-state index in [0.717, 1.165) is 38.8 Å². The van der Waals surface area contributed by atoms with Gasteiger partial charge in [0, 0.05) is 19.3 Å². The standard InChI is InChI=1S/C13H25NO2/c1-4-7-8-12(13(15)16)11-14(9-5-2)10-6-3/h11H,4-10H2,1-3H3,(H,15,16). The van der Waals surface area contributed by atoms with E-state index in [0.29, 0.717) is 12.0 Å². The van der Waals surface area contributed by atoms with Gasteiger partial charge >= 0.3 is 5.97 Å². The van der Waals surface area contributed by atoms with E-state index in [2.05, 4.69) is 25.7 Å². The van der Waals surface area contributed by atoms with Gasteiger partial charge in [-0.25, -0.2) is 4.79 Å². The third kappa shape index (κ3) is 6.49. The minimum atomic E-state index is -0.773. The van der Waals surface area contributed by atoms with Crippen molar-refractivity contribution in [1.82, 2.24) is 4.90 Å². The number of carboxylic acid groups (broad SMARTS) is 1. The minimum Gasteiger partial charge on any atom is -0.478 e. The largest absolute Gasteiger partial charge is 0.478 e. The lowest BCUT2D eigenvalue weighted by Gasteiger charge is -2.20. The third-order valence-corrected chi connectivity index (χ3v) is 2.43. The van der Waals surface area contributed by atoms with Crippen molar-refractivity contribution in [3.8, 4) is 0 Å². The van der Waals surface area contributed by atoms with Gasteiger partial charge in [-0.05, 0) is 25.7 Å². The van der Waals surface area contributed by atoms with Crippen molar-refractivity contribution in [2.45, 2.75) is 52.9 Å². The molecule has 0 saturated heterocycles. The predicted molar refractivity (Wildman–Crippen MR) is 67.4 cm³/mol. The van der Waals surface area contributed by atoms with Crippen LogP contribution >= 0.6 is 0 Å². The van der Waals surface area contributed by atoms with Crippen molar-refractivity contribution in [2.75, 3.05) is 13.1 Å². The van der Waals surface area contributed by atoms with E-state index in [4.69, 9.17) is 5.11 Å². The summed E-state index contributed by atoms with van der Waals surface area (Å²) >= 11 is 0.